The first kappa shape index (κ1) is 19.8. The first-order valence-electron chi connectivity index (χ1n) is 7.52. The standard InChI is InChI=1S/C16H12N6O6/c23-15(19-17-9-11-1-5-13(6-2-11)21(25)26)16(24)20-18-10-12-3-7-14(8-4-12)22(27)28/h1-10H,(H,19,23)(H,20,24)/b17-9-,18-10-. The molecule has 2 N–H and O–H groups in total. The average Bonchev–Trinajstić information content (AvgIpc) is 2.68. The highest BCUT2D eigenvalue weighted by molar-refractivity contribution is 6.35. The number of nitro benzene ring substituents is 2. The van der Waals surface area contributed by atoms with Crippen LogP contribution in [0.15, 0.2) is 58.7 Å². The number of hydrogen-bond acceptors (Lipinski definition) is 8. The first-order valence-corrected chi connectivity index (χ1v) is 7.52. The summed E-state index contributed by atoms with van der Waals surface area (Å²) in [6.07, 6.45) is 2.41. The molecule has 0 saturated heterocycles. The number of hydrogen-bond donors (Lipinski definition) is 2. The summed E-state index contributed by atoms with van der Waals surface area (Å²) in [5.74, 6) is -2.17. The highest BCUT2D eigenvalue weighted by atomic mass is 16.6. The van der Waals surface area contributed by atoms with Crippen molar-refractivity contribution in [3.63, 3.8) is 0 Å². The van der Waals surface area contributed by atoms with E-state index in [0.717, 1.165) is 0 Å². The molecule has 28 heavy (non-hydrogen) atoms. The fourth-order valence-corrected chi connectivity index (χ4v) is 1.80. The van der Waals surface area contributed by atoms with Crippen LogP contribution in [-0.2, 0) is 9.59 Å². The number of carbonyl (C=O) groups is 2. The quantitative estimate of drug-likeness (QED) is 0.327. The summed E-state index contributed by atoms with van der Waals surface area (Å²) in [6.45, 7) is 0. The summed E-state index contributed by atoms with van der Waals surface area (Å²) >= 11 is 0. The van der Waals surface area contributed by atoms with E-state index in [2.05, 4.69) is 10.2 Å². The minimum Gasteiger partial charge on any atom is -0.262 e. The predicted molar refractivity (Wildman–Crippen MR) is 97.7 cm³/mol. The van der Waals surface area contributed by atoms with Crippen LogP contribution < -0.4 is 10.9 Å². The van der Waals surface area contributed by atoms with Gasteiger partial charge in [0.05, 0.1) is 22.3 Å². The molecule has 0 aliphatic rings. The number of nitro groups is 2. The topological polar surface area (TPSA) is 169 Å². The summed E-state index contributed by atoms with van der Waals surface area (Å²) < 4.78 is 0. The fourth-order valence-electron chi connectivity index (χ4n) is 1.80. The number of nitrogens with zero attached hydrogens (tertiary/aromatic N) is 4. The molecule has 0 fully saturated rings. The van der Waals surface area contributed by atoms with Gasteiger partial charge in [0, 0.05) is 24.3 Å². The Hall–Kier alpha value is -4.48. The molecule has 12 nitrogen and oxygen atoms in total. The lowest BCUT2D eigenvalue weighted by Gasteiger charge is -1.98. The highest BCUT2D eigenvalue weighted by Crippen LogP contribution is 2.11. The Morgan fingerprint density at radius 2 is 1.04 bits per heavy atom. The van der Waals surface area contributed by atoms with Crippen LogP contribution in [-0.4, -0.2) is 34.1 Å². The number of non-ortho nitro benzene ring substituents is 2. The zero-order valence-corrected chi connectivity index (χ0v) is 14.0. The number of carbonyl (C=O) groups excluding carboxylic acids is 2. The predicted octanol–water partition coefficient (Wildman–Crippen LogP) is 1.10. The number of nitrogens with one attached hydrogen (secondary N) is 2. The molecule has 0 heterocycles. The molecule has 0 saturated carbocycles. The molecule has 0 unspecified atom stereocenters. The van der Waals surface area contributed by atoms with Gasteiger partial charge < -0.3 is 0 Å². The van der Waals surface area contributed by atoms with Gasteiger partial charge in [-0.05, 0) is 35.4 Å². The molecule has 0 aromatic heterocycles. The maximum Gasteiger partial charge on any atom is 0.331 e. The van der Waals surface area contributed by atoms with Gasteiger partial charge in [-0.2, -0.15) is 10.2 Å². The molecule has 2 aromatic rings. The third-order valence-corrected chi connectivity index (χ3v) is 3.17. The monoisotopic (exact) mass is 384 g/mol. The molecule has 2 rings (SSSR count). The van der Waals surface area contributed by atoms with Crippen LogP contribution in [0.4, 0.5) is 11.4 Å². The lowest BCUT2D eigenvalue weighted by molar-refractivity contribution is -0.385. The lowest BCUT2D eigenvalue weighted by atomic mass is 10.2. The zero-order valence-electron chi connectivity index (χ0n) is 14.0. The van der Waals surface area contributed by atoms with Crippen molar-refractivity contribution >= 4 is 35.6 Å². The minimum atomic E-state index is -1.08. The first-order chi connectivity index (χ1) is 13.4. The van der Waals surface area contributed by atoms with Gasteiger partial charge in [-0.3, -0.25) is 29.8 Å². The average molecular weight is 384 g/mol. The van der Waals surface area contributed by atoms with Crippen molar-refractivity contribution in [3.8, 4) is 0 Å². The second kappa shape index (κ2) is 9.28. The summed E-state index contributed by atoms with van der Waals surface area (Å²) in [6, 6.07) is 10.7. The highest BCUT2D eigenvalue weighted by Gasteiger charge is 2.11. The number of hydrazone groups is 2. The van der Waals surface area contributed by atoms with E-state index in [1.807, 2.05) is 10.9 Å². The van der Waals surface area contributed by atoms with Gasteiger partial charge in [0.15, 0.2) is 0 Å². The van der Waals surface area contributed by atoms with E-state index in [0.29, 0.717) is 11.1 Å². The molecule has 142 valence electrons. The van der Waals surface area contributed by atoms with Crippen LogP contribution in [0.1, 0.15) is 11.1 Å². The third-order valence-electron chi connectivity index (χ3n) is 3.17. The zero-order chi connectivity index (χ0) is 20.5. The van der Waals surface area contributed by atoms with Gasteiger partial charge in [0.2, 0.25) is 0 Å². The summed E-state index contributed by atoms with van der Waals surface area (Å²) in [5.41, 5.74) is 4.71. The normalized spacial score (nSPS) is 10.7. The lowest BCUT2D eigenvalue weighted by Crippen LogP contribution is -2.35. The van der Waals surface area contributed by atoms with Gasteiger partial charge in [0.1, 0.15) is 0 Å². The summed E-state index contributed by atoms with van der Waals surface area (Å²) in [5, 5.41) is 28.2. The Balaban J connectivity index is 1.82. The van der Waals surface area contributed by atoms with Crippen molar-refractivity contribution in [3.05, 3.63) is 79.9 Å². The number of rotatable bonds is 6. The second-order valence-electron chi connectivity index (χ2n) is 5.10. The van der Waals surface area contributed by atoms with Crippen LogP contribution in [0.2, 0.25) is 0 Å². The maximum absolute atomic E-state index is 11.6. The van der Waals surface area contributed by atoms with Gasteiger partial charge in [-0.15, -0.1) is 0 Å². The van der Waals surface area contributed by atoms with Crippen LogP contribution in [0.25, 0.3) is 0 Å². The molecule has 0 aliphatic heterocycles. The van der Waals surface area contributed by atoms with Gasteiger partial charge in [-0.1, -0.05) is 0 Å². The van der Waals surface area contributed by atoms with E-state index in [1.165, 1.54) is 61.0 Å². The Morgan fingerprint density at radius 1 is 0.714 bits per heavy atom. The molecule has 0 atom stereocenters. The molecule has 0 aliphatic carbocycles. The van der Waals surface area contributed by atoms with E-state index in [4.69, 9.17) is 0 Å². The number of benzene rings is 2. The van der Waals surface area contributed by atoms with Crippen LogP contribution in [0.5, 0.6) is 0 Å². The van der Waals surface area contributed by atoms with Gasteiger partial charge >= 0.3 is 11.8 Å². The molecule has 2 amide bonds. The van der Waals surface area contributed by atoms with Gasteiger partial charge in [-0.25, -0.2) is 10.9 Å². The van der Waals surface area contributed by atoms with E-state index < -0.39 is 21.7 Å². The van der Waals surface area contributed by atoms with E-state index >= 15 is 0 Å². The largest absolute Gasteiger partial charge is 0.331 e. The Labute approximate surface area is 156 Å². The fraction of sp³-hybridized carbons (Fsp3) is 0. The molecule has 0 radical (unpaired) electrons. The number of amides is 2. The smallest absolute Gasteiger partial charge is 0.262 e. The van der Waals surface area contributed by atoms with Crippen molar-refractivity contribution in [2.75, 3.05) is 0 Å². The summed E-state index contributed by atoms with van der Waals surface area (Å²) in [4.78, 5) is 43.1. The Morgan fingerprint density at radius 3 is 1.32 bits per heavy atom. The molecular formula is C16H12N6O6. The second-order valence-corrected chi connectivity index (χ2v) is 5.10. The van der Waals surface area contributed by atoms with Crippen LogP contribution in [0.3, 0.4) is 0 Å². The maximum atomic E-state index is 11.6. The molecule has 0 bridgehead atoms. The molecular weight excluding hydrogens is 372 g/mol. The van der Waals surface area contributed by atoms with Crippen molar-refractivity contribution < 1.29 is 19.4 Å². The van der Waals surface area contributed by atoms with E-state index in [1.54, 1.807) is 0 Å². The van der Waals surface area contributed by atoms with Gasteiger partial charge in [0.25, 0.3) is 11.4 Å². The van der Waals surface area contributed by atoms with Crippen molar-refractivity contribution in [2.24, 2.45) is 10.2 Å². The molecule has 2 aromatic carbocycles. The molecule has 12 heteroatoms. The van der Waals surface area contributed by atoms with Crippen LogP contribution >= 0.6 is 0 Å². The Kier molecular flexibility index (Phi) is 6.58. The third kappa shape index (κ3) is 5.80. The molecule has 0 spiro atoms. The SMILES string of the molecule is O=C(N/N=C\c1ccc([N+](=O)[O-])cc1)C(=O)N/N=C\c1ccc([N+](=O)[O-])cc1. The van der Waals surface area contributed by atoms with Crippen molar-refractivity contribution in [1.82, 2.24) is 10.9 Å². The van der Waals surface area contributed by atoms with E-state index in [9.17, 15) is 29.8 Å². The van der Waals surface area contributed by atoms with Crippen LogP contribution in [0, 0.1) is 20.2 Å². The Bertz CT molecular complexity index is 873. The summed E-state index contributed by atoms with van der Waals surface area (Å²) in [7, 11) is 0. The van der Waals surface area contributed by atoms with Crippen molar-refractivity contribution in [2.45, 2.75) is 0 Å². The van der Waals surface area contributed by atoms with Crippen molar-refractivity contribution in [1.29, 1.82) is 0 Å². The minimum absolute atomic E-state index is 0.0913. The van der Waals surface area contributed by atoms with E-state index in [-0.39, 0.29) is 11.4 Å².